The van der Waals surface area contributed by atoms with Crippen LogP contribution >= 0.6 is 11.3 Å². The zero-order valence-corrected chi connectivity index (χ0v) is 15.7. The molecule has 1 N–H and O–H groups in total. The van der Waals surface area contributed by atoms with Crippen LogP contribution in [-0.4, -0.2) is 10.9 Å². The van der Waals surface area contributed by atoms with Crippen LogP contribution in [-0.2, 0) is 24.2 Å². The van der Waals surface area contributed by atoms with Crippen molar-refractivity contribution in [2.24, 2.45) is 5.92 Å². The summed E-state index contributed by atoms with van der Waals surface area (Å²) in [6.07, 6.45) is 2.57. The van der Waals surface area contributed by atoms with E-state index in [1.807, 2.05) is 24.3 Å². The molecule has 3 nitrogen and oxygen atoms in total. The Labute approximate surface area is 158 Å². The zero-order valence-electron chi connectivity index (χ0n) is 14.9. The highest BCUT2D eigenvalue weighted by Crippen LogP contribution is 2.34. The van der Waals surface area contributed by atoms with E-state index in [9.17, 15) is 4.79 Å². The van der Waals surface area contributed by atoms with E-state index in [0.29, 0.717) is 6.54 Å². The van der Waals surface area contributed by atoms with Gasteiger partial charge in [-0.15, -0.1) is 11.3 Å². The molecule has 4 heteroatoms. The van der Waals surface area contributed by atoms with Gasteiger partial charge in [0.05, 0.1) is 5.69 Å². The number of amides is 1. The second-order valence-corrected chi connectivity index (χ2v) is 7.99. The van der Waals surface area contributed by atoms with E-state index in [1.165, 1.54) is 16.1 Å². The Kier molecular flexibility index (Phi) is 4.85. The Balaban J connectivity index is 1.41. The van der Waals surface area contributed by atoms with Crippen LogP contribution in [0.4, 0.5) is 0 Å². The molecule has 0 saturated heterocycles. The van der Waals surface area contributed by atoms with Crippen molar-refractivity contribution in [3.63, 3.8) is 0 Å². The van der Waals surface area contributed by atoms with Gasteiger partial charge in [-0.2, -0.15) is 0 Å². The van der Waals surface area contributed by atoms with Crippen molar-refractivity contribution >= 4 is 17.2 Å². The van der Waals surface area contributed by atoms with Gasteiger partial charge >= 0.3 is 0 Å². The number of carbonyl (C=O) groups is 1. The van der Waals surface area contributed by atoms with Gasteiger partial charge in [0, 0.05) is 22.9 Å². The summed E-state index contributed by atoms with van der Waals surface area (Å²) in [6, 6.07) is 18.6. The third-order valence-electron chi connectivity index (χ3n) is 4.88. The van der Waals surface area contributed by atoms with Gasteiger partial charge in [-0.3, -0.25) is 4.79 Å². The third kappa shape index (κ3) is 3.70. The first-order valence-electron chi connectivity index (χ1n) is 9.06. The number of nitrogens with one attached hydrogen (secondary N) is 1. The molecule has 0 aliphatic heterocycles. The number of rotatable bonds is 4. The van der Waals surface area contributed by atoms with E-state index in [2.05, 4.69) is 42.6 Å². The van der Waals surface area contributed by atoms with E-state index < -0.39 is 0 Å². The average Bonchev–Trinajstić information content (AvgIpc) is 3.10. The van der Waals surface area contributed by atoms with Crippen molar-refractivity contribution in [1.29, 1.82) is 0 Å². The molecule has 0 fully saturated rings. The third-order valence-corrected chi connectivity index (χ3v) is 6.05. The molecule has 1 aliphatic carbocycles. The average molecular weight is 362 g/mol. The number of hydrogen-bond acceptors (Lipinski definition) is 3. The van der Waals surface area contributed by atoms with E-state index >= 15 is 0 Å². The van der Waals surface area contributed by atoms with E-state index in [1.54, 1.807) is 11.3 Å². The van der Waals surface area contributed by atoms with Crippen molar-refractivity contribution in [2.75, 3.05) is 0 Å². The second-order valence-electron chi connectivity index (χ2n) is 6.90. The molecule has 2 aromatic carbocycles. The lowest BCUT2D eigenvalue weighted by atomic mass is 9.90. The highest BCUT2D eigenvalue weighted by molar-refractivity contribution is 7.15. The Bertz CT molecular complexity index is 917. The maximum atomic E-state index is 12.6. The lowest BCUT2D eigenvalue weighted by molar-refractivity contribution is -0.125. The highest BCUT2D eigenvalue weighted by Gasteiger charge is 2.27. The summed E-state index contributed by atoms with van der Waals surface area (Å²) in [4.78, 5) is 18.7. The molecule has 1 atom stereocenters. The first kappa shape index (κ1) is 17.0. The fourth-order valence-corrected chi connectivity index (χ4v) is 4.65. The minimum Gasteiger partial charge on any atom is -0.352 e. The number of nitrogens with zero attached hydrogens (tertiary/aromatic N) is 1. The number of thiazole rings is 1. The van der Waals surface area contributed by atoms with Gasteiger partial charge in [-0.25, -0.2) is 4.98 Å². The standard InChI is InChI=1S/C22H22N2OS/c1-15-6-5-7-16(12-15)14-23-21(25)18-10-11-19-20(13-18)26-22(24-19)17-8-3-2-4-9-17/h2-9,12,18H,10-11,13-14H2,1H3,(H,23,25). The second kappa shape index (κ2) is 7.42. The van der Waals surface area contributed by atoms with Gasteiger partial charge in [-0.1, -0.05) is 60.2 Å². The van der Waals surface area contributed by atoms with Gasteiger partial charge in [-0.05, 0) is 31.7 Å². The maximum Gasteiger partial charge on any atom is 0.223 e. The molecule has 1 amide bonds. The number of hydrogen-bond donors (Lipinski definition) is 1. The predicted molar refractivity (Wildman–Crippen MR) is 106 cm³/mol. The Hall–Kier alpha value is -2.46. The predicted octanol–water partition coefficient (Wildman–Crippen LogP) is 4.54. The summed E-state index contributed by atoms with van der Waals surface area (Å²) in [5, 5.41) is 4.18. The summed E-state index contributed by atoms with van der Waals surface area (Å²) in [6.45, 7) is 2.67. The fourth-order valence-electron chi connectivity index (χ4n) is 3.46. The molecular weight excluding hydrogens is 340 g/mol. The first-order valence-corrected chi connectivity index (χ1v) is 9.88. The van der Waals surface area contributed by atoms with Gasteiger partial charge < -0.3 is 5.32 Å². The van der Waals surface area contributed by atoms with Crippen molar-refractivity contribution in [1.82, 2.24) is 10.3 Å². The van der Waals surface area contributed by atoms with Crippen molar-refractivity contribution in [3.8, 4) is 10.6 Å². The van der Waals surface area contributed by atoms with Crippen molar-refractivity contribution in [2.45, 2.75) is 32.7 Å². The van der Waals surface area contributed by atoms with Crippen LogP contribution in [0.3, 0.4) is 0 Å². The van der Waals surface area contributed by atoms with Crippen LogP contribution in [0.15, 0.2) is 54.6 Å². The molecule has 0 saturated carbocycles. The number of benzene rings is 2. The van der Waals surface area contributed by atoms with Gasteiger partial charge in [0.1, 0.15) is 5.01 Å². The molecule has 1 heterocycles. The highest BCUT2D eigenvalue weighted by atomic mass is 32.1. The van der Waals surface area contributed by atoms with Crippen molar-refractivity contribution in [3.05, 3.63) is 76.3 Å². The number of fused-ring (bicyclic) bond motifs is 1. The van der Waals surface area contributed by atoms with Crippen LogP contribution in [0.2, 0.25) is 0 Å². The molecule has 1 aromatic heterocycles. The minimum atomic E-state index is 0.0522. The van der Waals surface area contributed by atoms with Crippen molar-refractivity contribution < 1.29 is 4.79 Å². The summed E-state index contributed by atoms with van der Waals surface area (Å²) < 4.78 is 0. The Morgan fingerprint density at radius 1 is 1.19 bits per heavy atom. The van der Waals surface area contributed by atoms with E-state index in [4.69, 9.17) is 4.98 Å². The lowest BCUT2D eigenvalue weighted by Gasteiger charge is -2.20. The molecule has 26 heavy (non-hydrogen) atoms. The van der Waals surface area contributed by atoms with Gasteiger partial charge in [0.2, 0.25) is 5.91 Å². The Morgan fingerprint density at radius 2 is 2.04 bits per heavy atom. The first-order chi connectivity index (χ1) is 12.7. The molecule has 0 radical (unpaired) electrons. The monoisotopic (exact) mass is 362 g/mol. The SMILES string of the molecule is Cc1cccc(CNC(=O)C2CCc3nc(-c4ccccc4)sc3C2)c1. The molecule has 0 bridgehead atoms. The quantitative estimate of drug-likeness (QED) is 0.740. The van der Waals surface area contributed by atoms with E-state index in [-0.39, 0.29) is 11.8 Å². The summed E-state index contributed by atoms with van der Waals surface area (Å²) in [5.41, 5.74) is 4.71. The molecule has 4 rings (SSSR count). The maximum absolute atomic E-state index is 12.6. The largest absolute Gasteiger partial charge is 0.352 e. The van der Waals surface area contributed by atoms with E-state index in [0.717, 1.165) is 35.4 Å². The number of carbonyl (C=O) groups excluding carboxylic acids is 1. The van der Waals surface area contributed by atoms with Gasteiger partial charge in [0.15, 0.2) is 0 Å². The van der Waals surface area contributed by atoms with Crippen LogP contribution in [0.1, 0.15) is 28.1 Å². The molecule has 1 aliphatic rings. The molecule has 132 valence electrons. The smallest absolute Gasteiger partial charge is 0.223 e. The molecule has 0 spiro atoms. The molecule has 3 aromatic rings. The topological polar surface area (TPSA) is 42.0 Å². The summed E-state index contributed by atoms with van der Waals surface area (Å²) in [5.74, 6) is 0.211. The summed E-state index contributed by atoms with van der Waals surface area (Å²) in [7, 11) is 0. The van der Waals surface area contributed by atoms with Crippen LogP contribution in [0.25, 0.3) is 10.6 Å². The van der Waals surface area contributed by atoms with Gasteiger partial charge in [0.25, 0.3) is 0 Å². The molecule has 1 unspecified atom stereocenters. The summed E-state index contributed by atoms with van der Waals surface area (Å²) >= 11 is 1.73. The number of aryl methyl sites for hydroxylation is 2. The Morgan fingerprint density at radius 3 is 2.85 bits per heavy atom. The van der Waals surface area contributed by atoms with Crippen LogP contribution < -0.4 is 5.32 Å². The lowest BCUT2D eigenvalue weighted by Crippen LogP contribution is -2.33. The van der Waals surface area contributed by atoms with Crippen LogP contribution in [0, 0.1) is 12.8 Å². The minimum absolute atomic E-state index is 0.0522. The molecular formula is C22H22N2OS. The zero-order chi connectivity index (χ0) is 17.9. The fraction of sp³-hybridized carbons (Fsp3) is 0.273. The van der Waals surface area contributed by atoms with Crippen LogP contribution in [0.5, 0.6) is 0 Å². The number of aromatic nitrogens is 1. The normalized spacial score (nSPS) is 16.1.